The van der Waals surface area contributed by atoms with Gasteiger partial charge in [-0.05, 0) is 55.5 Å². The third kappa shape index (κ3) is 3.98. The monoisotopic (exact) mass is 400 g/mol. The van der Waals surface area contributed by atoms with E-state index in [2.05, 4.69) is 54.6 Å². The highest BCUT2D eigenvalue weighted by atomic mass is 28.4. The van der Waals surface area contributed by atoms with Crippen molar-refractivity contribution in [3.63, 3.8) is 0 Å². The summed E-state index contributed by atoms with van der Waals surface area (Å²) in [6.45, 7) is 18.1. The van der Waals surface area contributed by atoms with Gasteiger partial charge in [0.2, 0.25) is 0 Å². The van der Waals surface area contributed by atoms with Crippen LogP contribution in [0.25, 0.3) is 0 Å². The molecule has 1 heterocycles. The molecule has 3 atom stereocenters. The number of carbonyl (C=O) groups excluding carboxylic acids is 1. The normalized spacial score (nSPS) is 30.2. The topological polar surface area (TPSA) is 44.8 Å². The number of hydrogen-bond donors (Lipinski definition) is 0. The molecule has 6 heteroatoms. The first-order chi connectivity index (χ1) is 12.0. The zero-order valence-electron chi connectivity index (χ0n) is 18.2. The molecule has 0 unspecified atom stereocenters. The highest BCUT2D eigenvalue weighted by Gasteiger charge is 2.60. The summed E-state index contributed by atoms with van der Waals surface area (Å²) in [6, 6.07) is 3.28. The second-order valence-electron chi connectivity index (χ2n) is 9.74. The molecule has 1 spiro atoms. The van der Waals surface area contributed by atoms with Gasteiger partial charge in [-0.2, -0.15) is 0 Å². The van der Waals surface area contributed by atoms with E-state index in [1.165, 1.54) is 0 Å². The first-order valence-electron chi connectivity index (χ1n) is 10.5. The molecule has 1 aliphatic carbocycles. The van der Waals surface area contributed by atoms with E-state index in [9.17, 15) is 4.79 Å². The third-order valence-electron chi connectivity index (χ3n) is 7.35. The smallest absolute Gasteiger partial charge is 0.309 e. The molecule has 2 fully saturated rings. The van der Waals surface area contributed by atoms with Crippen LogP contribution in [-0.4, -0.2) is 40.4 Å². The molecular weight excluding hydrogens is 360 g/mol. The van der Waals surface area contributed by atoms with E-state index in [0.717, 1.165) is 37.4 Å². The lowest BCUT2D eigenvalue weighted by Crippen LogP contribution is -2.56. The van der Waals surface area contributed by atoms with E-state index in [0.29, 0.717) is 6.42 Å². The van der Waals surface area contributed by atoms with Crippen LogP contribution in [0.5, 0.6) is 0 Å². The highest BCUT2D eigenvalue weighted by molar-refractivity contribution is 6.74. The van der Waals surface area contributed by atoms with Crippen LogP contribution in [0.4, 0.5) is 0 Å². The predicted octanol–water partition coefficient (Wildman–Crippen LogP) is 5.64. The minimum absolute atomic E-state index is 0.0166. The molecule has 0 aromatic carbocycles. The first kappa shape index (κ1) is 22.1. The standard InChI is InChI=1S/C20H40O4Si2/c1-9-26(10-2,11-3)24-17-15-18(21)22-20(17)14-12-13-16(20)23-25(7,8)19(4,5)6/h16-17H,9-15H2,1-8H3/t16-,17-,20-/m0/s1. The summed E-state index contributed by atoms with van der Waals surface area (Å²) in [5, 5.41) is 0.143. The summed E-state index contributed by atoms with van der Waals surface area (Å²) in [4.78, 5) is 12.3. The lowest BCUT2D eigenvalue weighted by atomic mass is 9.93. The Kier molecular flexibility index (Phi) is 6.54. The van der Waals surface area contributed by atoms with E-state index in [1.54, 1.807) is 0 Å². The first-order valence-corrected chi connectivity index (χ1v) is 16.0. The lowest BCUT2D eigenvalue weighted by molar-refractivity contribution is -0.159. The van der Waals surface area contributed by atoms with Crippen LogP contribution in [0.1, 0.15) is 67.2 Å². The van der Waals surface area contributed by atoms with Gasteiger partial charge in [-0.25, -0.2) is 0 Å². The number of rotatable bonds is 7. The molecular formula is C20H40O4Si2. The molecule has 2 rings (SSSR count). The second-order valence-corrected chi connectivity index (χ2v) is 19.2. The van der Waals surface area contributed by atoms with Crippen molar-refractivity contribution in [2.24, 2.45) is 0 Å². The van der Waals surface area contributed by atoms with Crippen molar-refractivity contribution in [2.45, 2.75) is 121 Å². The molecule has 1 aliphatic heterocycles. The molecule has 2 aliphatic rings. The third-order valence-corrected chi connectivity index (χ3v) is 16.5. The largest absolute Gasteiger partial charge is 0.454 e. The molecule has 0 radical (unpaired) electrons. The van der Waals surface area contributed by atoms with Crippen LogP contribution in [-0.2, 0) is 18.4 Å². The quantitative estimate of drug-likeness (QED) is 0.410. The summed E-state index contributed by atoms with van der Waals surface area (Å²) in [5.74, 6) is -0.105. The van der Waals surface area contributed by atoms with Crippen LogP contribution < -0.4 is 0 Å². The second kappa shape index (κ2) is 7.68. The van der Waals surface area contributed by atoms with Crippen LogP contribution >= 0.6 is 0 Å². The Balaban J connectivity index is 2.29. The van der Waals surface area contributed by atoms with Crippen molar-refractivity contribution in [3.8, 4) is 0 Å². The lowest BCUT2D eigenvalue weighted by Gasteiger charge is -2.45. The molecule has 1 saturated carbocycles. The van der Waals surface area contributed by atoms with Crippen molar-refractivity contribution < 1.29 is 18.4 Å². The van der Waals surface area contributed by atoms with Gasteiger partial charge in [-0.15, -0.1) is 0 Å². The molecule has 1 saturated heterocycles. The van der Waals surface area contributed by atoms with Gasteiger partial charge in [0.25, 0.3) is 0 Å². The van der Waals surface area contributed by atoms with Crippen LogP contribution in [0.3, 0.4) is 0 Å². The molecule has 0 amide bonds. The van der Waals surface area contributed by atoms with Crippen molar-refractivity contribution in [3.05, 3.63) is 0 Å². The Morgan fingerprint density at radius 3 is 2.15 bits per heavy atom. The predicted molar refractivity (Wildman–Crippen MR) is 111 cm³/mol. The molecule has 0 aromatic rings. The van der Waals surface area contributed by atoms with E-state index >= 15 is 0 Å². The SMILES string of the molecule is CC[Si](CC)(CC)O[C@H]1CC(=O)O[C@]12CCC[C@@H]2O[Si](C)(C)C(C)(C)C. The highest BCUT2D eigenvalue weighted by Crippen LogP contribution is 2.49. The minimum atomic E-state index is -1.93. The van der Waals surface area contributed by atoms with Crippen LogP contribution in [0.15, 0.2) is 0 Å². The van der Waals surface area contributed by atoms with Crippen LogP contribution in [0, 0.1) is 0 Å². The zero-order chi connectivity index (χ0) is 19.8. The summed E-state index contributed by atoms with van der Waals surface area (Å²) in [6.07, 6.45) is 3.15. The maximum atomic E-state index is 12.3. The van der Waals surface area contributed by atoms with Gasteiger partial charge in [0, 0.05) is 0 Å². The maximum Gasteiger partial charge on any atom is 0.309 e. The fourth-order valence-electron chi connectivity index (χ4n) is 4.23. The minimum Gasteiger partial charge on any atom is -0.454 e. The Bertz CT molecular complexity index is 502. The molecule has 152 valence electrons. The summed E-state index contributed by atoms with van der Waals surface area (Å²) < 4.78 is 19.6. The Labute approximate surface area is 162 Å². The fourth-order valence-corrected chi connectivity index (χ4v) is 8.50. The molecule has 0 N–H and O–H groups in total. The van der Waals surface area contributed by atoms with Gasteiger partial charge < -0.3 is 13.6 Å². The number of carbonyl (C=O) groups is 1. The van der Waals surface area contributed by atoms with E-state index < -0.39 is 22.2 Å². The molecule has 26 heavy (non-hydrogen) atoms. The van der Waals surface area contributed by atoms with Crippen molar-refractivity contribution in [1.82, 2.24) is 0 Å². The maximum absolute atomic E-state index is 12.3. The van der Waals surface area contributed by atoms with E-state index in [1.807, 2.05) is 0 Å². The van der Waals surface area contributed by atoms with Gasteiger partial charge in [0.1, 0.15) is 0 Å². The Morgan fingerprint density at radius 2 is 1.65 bits per heavy atom. The Hall–Kier alpha value is -0.176. The average molecular weight is 401 g/mol. The van der Waals surface area contributed by atoms with E-state index in [4.69, 9.17) is 13.6 Å². The summed E-state index contributed by atoms with van der Waals surface area (Å²) in [7, 11) is -3.74. The van der Waals surface area contributed by atoms with Gasteiger partial charge in [-0.3, -0.25) is 4.79 Å². The van der Waals surface area contributed by atoms with Crippen molar-refractivity contribution in [2.75, 3.05) is 0 Å². The summed E-state index contributed by atoms with van der Waals surface area (Å²) in [5.41, 5.74) is -0.551. The zero-order valence-corrected chi connectivity index (χ0v) is 20.2. The van der Waals surface area contributed by atoms with Gasteiger partial charge in [0.05, 0.1) is 18.6 Å². The Morgan fingerprint density at radius 1 is 1.08 bits per heavy atom. The number of hydrogen-bond acceptors (Lipinski definition) is 4. The fraction of sp³-hybridized carbons (Fsp3) is 0.950. The number of ether oxygens (including phenoxy) is 1. The van der Waals surface area contributed by atoms with Gasteiger partial charge in [-0.1, -0.05) is 41.5 Å². The number of esters is 1. The van der Waals surface area contributed by atoms with E-state index in [-0.39, 0.29) is 23.2 Å². The summed E-state index contributed by atoms with van der Waals surface area (Å²) >= 11 is 0. The molecule has 0 aromatic heterocycles. The molecule has 0 bridgehead atoms. The molecule has 4 nitrogen and oxygen atoms in total. The van der Waals surface area contributed by atoms with Crippen molar-refractivity contribution >= 4 is 22.6 Å². The van der Waals surface area contributed by atoms with Crippen molar-refractivity contribution in [1.29, 1.82) is 0 Å². The van der Waals surface area contributed by atoms with Gasteiger partial charge in [0.15, 0.2) is 22.2 Å². The van der Waals surface area contributed by atoms with Crippen LogP contribution in [0.2, 0.25) is 36.3 Å². The average Bonchev–Trinajstić information content (AvgIpc) is 3.07. The van der Waals surface area contributed by atoms with Gasteiger partial charge >= 0.3 is 5.97 Å².